The van der Waals surface area contributed by atoms with Crippen LogP contribution in [-0.4, -0.2) is 7.05 Å². The zero-order valence-electron chi connectivity index (χ0n) is 10.6. The molecule has 2 rings (SSSR count). The van der Waals surface area contributed by atoms with Crippen molar-refractivity contribution in [3.05, 3.63) is 63.9 Å². The van der Waals surface area contributed by atoms with E-state index in [0.29, 0.717) is 6.61 Å². The van der Waals surface area contributed by atoms with Crippen LogP contribution in [0.4, 0.5) is 4.39 Å². The molecule has 2 aromatic rings. The molecular weight excluding hydrogens is 309 g/mol. The molecule has 0 aliphatic rings. The molecule has 0 aliphatic heterocycles. The third kappa shape index (κ3) is 4.04. The monoisotopic (exact) mass is 323 g/mol. The number of halogens is 2. The lowest BCUT2D eigenvalue weighted by Crippen LogP contribution is -2.05. The molecule has 1 N–H and O–H groups in total. The summed E-state index contributed by atoms with van der Waals surface area (Å²) in [7, 11) is 1.91. The number of hydrogen-bond donors (Lipinski definition) is 1. The van der Waals surface area contributed by atoms with Crippen molar-refractivity contribution in [3.63, 3.8) is 0 Å². The second kappa shape index (κ2) is 6.68. The summed E-state index contributed by atoms with van der Waals surface area (Å²) in [5.74, 6) is 0.508. The van der Waals surface area contributed by atoms with Crippen LogP contribution in [-0.2, 0) is 13.2 Å². The van der Waals surface area contributed by atoms with E-state index in [-0.39, 0.29) is 5.82 Å². The predicted molar refractivity (Wildman–Crippen MR) is 77.6 cm³/mol. The van der Waals surface area contributed by atoms with Gasteiger partial charge in [-0.05, 0) is 58.4 Å². The summed E-state index contributed by atoms with van der Waals surface area (Å²) >= 11 is 3.48. The van der Waals surface area contributed by atoms with Gasteiger partial charge < -0.3 is 10.1 Å². The van der Waals surface area contributed by atoms with E-state index in [1.165, 1.54) is 17.7 Å². The highest BCUT2D eigenvalue weighted by atomic mass is 79.9. The lowest BCUT2D eigenvalue weighted by molar-refractivity contribution is 0.303. The molecule has 0 aromatic heterocycles. The standard InChI is InChI=1S/C15H15BrFNO/c1-18-9-11-5-6-15(14(16)8-11)19-10-12-3-2-4-13(17)7-12/h2-8,18H,9-10H2,1H3. The largest absolute Gasteiger partial charge is 0.488 e. The van der Waals surface area contributed by atoms with Crippen molar-refractivity contribution < 1.29 is 9.13 Å². The van der Waals surface area contributed by atoms with E-state index in [9.17, 15) is 4.39 Å². The Morgan fingerprint density at radius 2 is 2.00 bits per heavy atom. The molecule has 0 atom stereocenters. The summed E-state index contributed by atoms with van der Waals surface area (Å²) in [5, 5.41) is 3.09. The summed E-state index contributed by atoms with van der Waals surface area (Å²) in [6.45, 7) is 1.16. The Labute approximate surface area is 120 Å². The van der Waals surface area contributed by atoms with Crippen molar-refractivity contribution in [2.75, 3.05) is 7.05 Å². The third-order valence-electron chi connectivity index (χ3n) is 2.66. The summed E-state index contributed by atoms with van der Waals surface area (Å²) < 4.78 is 19.6. The first kappa shape index (κ1) is 14.0. The van der Waals surface area contributed by atoms with Crippen molar-refractivity contribution in [3.8, 4) is 5.75 Å². The zero-order valence-corrected chi connectivity index (χ0v) is 12.2. The van der Waals surface area contributed by atoms with E-state index in [2.05, 4.69) is 21.2 Å². The van der Waals surface area contributed by atoms with Gasteiger partial charge in [-0.2, -0.15) is 0 Å². The van der Waals surface area contributed by atoms with Crippen molar-refractivity contribution >= 4 is 15.9 Å². The lowest BCUT2D eigenvalue weighted by atomic mass is 10.2. The summed E-state index contributed by atoms with van der Waals surface area (Å²) in [4.78, 5) is 0. The zero-order chi connectivity index (χ0) is 13.7. The molecule has 4 heteroatoms. The van der Waals surface area contributed by atoms with E-state index in [0.717, 1.165) is 22.3 Å². The molecule has 0 saturated heterocycles. The maximum atomic E-state index is 13.0. The minimum absolute atomic E-state index is 0.246. The van der Waals surface area contributed by atoms with Crippen LogP contribution >= 0.6 is 15.9 Å². The van der Waals surface area contributed by atoms with Crippen molar-refractivity contribution in [1.82, 2.24) is 5.32 Å². The average Bonchev–Trinajstić information content (AvgIpc) is 2.38. The van der Waals surface area contributed by atoms with Gasteiger partial charge in [0.1, 0.15) is 18.2 Å². The number of ether oxygens (including phenoxy) is 1. The number of nitrogens with one attached hydrogen (secondary N) is 1. The van der Waals surface area contributed by atoms with E-state index in [1.807, 2.05) is 31.3 Å². The lowest BCUT2D eigenvalue weighted by Gasteiger charge is -2.10. The number of hydrogen-bond acceptors (Lipinski definition) is 2. The second-order valence-electron chi connectivity index (χ2n) is 4.21. The molecule has 0 saturated carbocycles. The van der Waals surface area contributed by atoms with Crippen LogP contribution in [0, 0.1) is 5.82 Å². The fourth-order valence-electron chi connectivity index (χ4n) is 1.76. The van der Waals surface area contributed by atoms with Crippen LogP contribution in [0.5, 0.6) is 5.75 Å². The Kier molecular flexibility index (Phi) is 4.93. The molecule has 0 heterocycles. The van der Waals surface area contributed by atoms with Crippen molar-refractivity contribution in [1.29, 1.82) is 0 Å². The van der Waals surface area contributed by atoms with Gasteiger partial charge in [-0.3, -0.25) is 0 Å². The number of benzene rings is 2. The second-order valence-corrected chi connectivity index (χ2v) is 5.07. The van der Waals surface area contributed by atoms with Crippen molar-refractivity contribution in [2.24, 2.45) is 0 Å². The molecule has 19 heavy (non-hydrogen) atoms. The molecule has 0 aliphatic carbocycles. The molecular formula is C15H15BrFNO. The van der Waals surface area contributed by atoms with Gasteiger partial charge >= 0.3 is 0 Å². The Morgan fingerprint density at radius 1 is 1.16 bits per heavy atom. The fraction of sp³-hybridized carbons (Fsp3) is 0.200. The van der Waals surface area contributed by atoms with Crippen LogP contribution in [0.15, 0.2) is 46.9 Å². The first-order valence-electron chi connectivity index (χ1n) is 5.99. The minimum Gasteiger partial charge on any atom is -0.488 e. The van der Waals surface area contributed by atoms with Gasteiger partial charge in [0, 0.05) is 6.54 Å². The molecule has 2 nitrogen and oxygen atoms in total. The van der Waals surface area contributed by atoms with Crippen LogP contribution in [0.2, 0.25) is 0 Å². The van der Waals surface area contributed by atoms with Gasteiger partial charge in [0.2, 0.25) is 0 Å². The van der Waals surface area contributed by atoms with Gasteiger partial charge in [0.25, 0.3) is 0 Å². The topological polar surface area (TPSA) is 21.3 Å². The van der Waals surface area contributed by atoms with Crippen molar-refractivity contribution in [2.45, 2.75) is 13.2 Å². The van der Waals surface area contributed by atoms with Gasteiger partial charge in [-0.1, -0.05) is 18.2 Å². The van der Waals surface area contributed by atoms with E-state index in [1.54, 1.807) is 6.07 Å². The molecule has 100 valence electrons. The number of rotatable bonds is 5. The highest BCUT2D eigenvalue weighted by Gasteiger charge is 2.03. The Morgan fingerprint density at radius 3 is 2.68 bits per heavy atom. The summed E-state index contributed by atoms with van der Waals surface area (Å²) in [6.07, 6.45) is 0. The molecule has 2 aromatic carbocycles. The highest BCUT2D eigenvalue weighted by molar-refractivity contribution is 9.10. The SMILES string of the molecule is CNCc1ccc(OCc2cccc(F)c2)c(Br)c1. The Balaban J connectivity index is 2.03. The minimum atomic E-state index is -0.246. The average molecular weight is 324 g/mol. The van der Waals surface area contributed by atoms with Gasteiger partial charge in [0.15, 0.2) is 0 Å². The smallest absolute Gasteiger partial charge is 0.134 e. The third-order valence-corrected chi connectivity index (χ3v) is 3.28. The molecule has 0 spiro atoms. The first-order valence-corrected chi connectivity index (χ1v) is 6.78. The van der Waals surface area contributed by atoms with Crippen LogP contribution < -0.4 is 10.1 Å². The summed E-state index contributed by atoms with van der Waals surface area (Å²) in [6, 6.07) is 12.3. The molecule has 0 radical (unpaired) electrons. The Hall–Kier alpha value is -1.39. The highest BCUT2D eigenvalue weighted by Crippen LogP contribution is 2.26. The van der Waals surface area contributed by atoms with E-state index < -0.39 is 0 Å². The van der Waals surface area contributed by atoms with Crippen LogP contribution in [0.25, 0.3) is 0 Å². The van der Waals surface area contributed by atoms with Gasteiger partial charge in [0.05, 0.1) is 4.47 Å². The van der Waals surface area contributed by atoms with E-state index >= 15 is 0 Å². The molecule has 0 amide bonds. The summed E-state index contributed by atoms with van der Waals surface area (Å²) in [5.41, 5.74) is 1.98. The van der Waals surface area contributed by atoms with Crippen LogP contribution in [0.1, 0.15) is 11.1 Å². The Bertz CT molecular complexity index is 560. The van der Waals surface area contributed by atoms with Crippen LogP contribution in [0.3, 0.4) is 0 Å². The fourth-order valence-corrected chi connectivity index (χ4v) is 2.30. The maximum absolute atomic E-state index is 13.0. The molecule has 0 fully saturated rings. The predicted octanol–water partition coefficient (Wildman–Crippen LogP) is 3.89. The van der Waals surface area contributed by atoms with Gasteiger partial charge in [-0.25, -0.2) is 4.39 Å². The quantitative estimate of drug-likeness (QED) is 0.901. The van der Waals surface area contributed by atoms with Gasteiger partial charge in [-0.15, -0.1) is 0 Å². The molecule has 0 bridgehead atoms. The molecule has 0 unspecified atom stereocenters. The maximum Gasteiger partial charge on any atom is 0.134 e. The first-order chi connectivity index (χ1) is 9.19. The van der Waals surface area contributed by atoms with E-state index in [4.69, 9.17) is 4.74 Å². The normalized spacial score (nSPS) is 10.5.